The molecule has 0 aromatic heterocycles. The molecule has 2 aromatic rings. The van der Waals surface area contributed by atoms with Crippen LogP contribution in [-0.4, -0.2) is 30.7 Å². The Morgan fingerprint density at radius 1 is 0.815 bits per heavy atom. The topological polar surface area (TPSA) is 0 Å². The van der Waals surface area contributed by atoms with E-state index in [0.717, 1.165) is 12.1 Å². The third-order valence-corrected chi connectivity index (χ3v) is 7.38. The van der Waals surface area contributed by atoms with Crippen LogP contribution >= 0.6 is 0 Å². The lowest BCUT2D eigenvalue weighted by Gasteiger charge is -2.53. The van der Waals surface area contributed by atoms with Gasteiger partial charge in [-0.05, 0) is 66.9 Å². The number of fused-ring (bicyclic) bond motifs is 2. The van der Waals surface area contributed by atoms with Gasteiger partial charge in [-0.25, -0.2) is 0 Å². The molecule has 0 N–H and O–H groups in total. The van der Waals surface area contributed by atoms with E-state index in [1.54, 1.807) is 0 Å². The van der Waals surface area contributed by atoms with Gasteiger partial charge in [0.25, 0.3) is 0 Å². The average Bonchev–Trinajstić information content (AvgIpc) is 2.61. The minimum atomic E-state index is 0.695. The first-order chi connectivity index (χ1) is 13.0. The minimum Gasteiger partial charge on any atom is -0.324 e. The quantitative estimate of drug-likeness (QED) is 0.577. The summed E-state index contributed by atoms with van der Waals surface area (Å²) in [5, 5.41) is 0. The molecular formula is C26H34N+. The van der Waals surface area contributed by atoms with Gasteiger partial charge in [-0.2, -0.15) is 0 Å². The molecule has 0 radical (unpaired) electrons. The van der Waals surface area contributed by atoms with Crippen LogP contribution < -0.4 is 0 Å². The summed E-state index contributed by atoms with van der Waals surface area (Å²) in [7, 11) is 4.94. The molecule has 2 aromatic carbocycles. The number of quaternary nitrogens is 1. The number of piperidine rings is 2. The van der Waals surface area contributed by atoms with E-state index in [1.807, 2.05) is 0 Å². The molecule has 0 aliphatic carbocycles. The highest BCUT2D eigenvalue weighted by Gasteiger charge is 2.45. The number of aryl methyl sites for hydroxylation is 2. The molecule has 2 unspecified atom stereocenters. The molecule has 2 aliphatic heterocycles. The van der Waals surface area contributed by atoms with Crippen LogP contribution in [0.5, 0.6) is 0 Å². The SMILES string of the molecule is Cc1ccccc1C(=CC1CC2CCCC(C1)[N+]2(C)C)c1ccccc1C. The molecule has 2 bridgehead atoms. The highest BCUT2D eigenvalue weighted by Crippen LogP contribution is 2.42. The zero-order chi connectivity index (χ0) is 19.0. The summed E-state index contributed by atoms with van der Waals surface area (Å²) in [4.78, 5) is 0. The van der Waals surface area contributed by atoms with Gasteiger partial charge in [-0.3, -0.25) is 0 Å². The van der Waals surface area contributed by atoms with Gasteiger partial charge in [0.15, 0.2) is 0 Å². The first kappa shape index (κ1) is 18.5. The molecular weight excluding hydrogens is 326 g/mol. The molecule has 0 saturated carbocycles. The van der Waals surface area contributed by atoms with E-state index in [0.29, 0.717) is 5.92 Å². The van der Waals surface area contributed by atoms with Crippen molar-refractivity contribution in [1.29, 1.82) is 0 Å². The largest absolute Gasteiger partial charge is 0.324 e. The van der Waals surface area contributed by atoms with Gasteiger partial charge in [0.2, 0.25) is 0 Å². The van der Waals surface area contributed by atoms with E-state index < -0.39 is 0 Å². The van der Waals surface area contributed by atoms with Crippen LogP contribution in [0.3, 0.4) is 0 Å². The molecule has 27 heavy (non-hydrogen) atoms. The summed E-state index contributed by atoms with van der Waals surface area (Å²) in [6.45, 7) is 4.49. The Balaban J connectivity index is 1.76. The van der Waals surface area contributed by atoms with E-state index in [9.17, 15) is 0 Å². The van der Waals surface area contributed by atoms with Gasteiger partial charge in [0.1, 0.15) is 0 Å². The Morgan fingerprint density at radius 2 is 1.30 bits per heavy atom. The van der Waals surface area contributed by atoms with Crippen molar-refractivity contribution in [3.05, 3.63) is 76.9 Å². The van der Waals surface area contributed by atoms with Crippen LogP contribution in [0.4, 0.5) is 0 Å². The molecule has 0 spiro atoms. The number of allylic oxidation sites excluding steroid dienone is 1. The Labute approximate surface area is 165 Å². The normalized spacial score (nSPS) is 26.4. The molecule has 1 nitrogen and oxygen atoms in total. The lowest BCUT2D eigenvalue weighted by Crippen LogP contribution is -2.61. The molecule has 1 heteroatoms. The second-order valence-electron chi connectivity index (χ2n) is 9.31. The molecule has 2 heterocycles. The maximum Gasteiger partial charge on any atom is 0.0894 e. The molecule has 142 valence electrons. The fourth-order valence-electron chi connectivity index (χ4n) is 5.57. The number of hydrogen-bond donors (Lipinski definition) is 0. The lowest BCUT2D eigenvalue weighted by molar-refractivity contribution is -0.950. The summed E-state index contributed by atoms with van der Waals surface area (Å²) in [5.74, 6) is 0.695. The summed E-state index contributed by atoms with van der Waals surface area (Å²) >= 11 is 0. The molecule has 2 atom stereocenters. The second-order valence-corrected chi connectivity index (χ2v) is 9.31. The maximum absolute atomic E-state index is 2.63. The van der Waals surface area contributed by atoms with E-state index in [-0.39, 0.29) is 0 Å². The summed E-state index contributed by atoms with van der Waals surface area (Å²) < 4.78 is 1.24. The highest BCUT2D eigenvalue weighted by molar-refractivity contribution is 5.82. The molecule has 4 rings (SSSR count). The van der Waals surface area contributed by atoms with Crippen molar-refractivity contribution in [2.24, 2.45) is 5.92 Å². The molecule has 2 saturated heterocycles. The monoisotopic (exact) mass is 360 g/mol. The van der Waals surface area contributed by atoms with E-state index in [1.165, 1.54) is 64.4 Å². The maximum atomic E-state index is 2.63. The average molecular weight is 361 g/mol. The zero-order valence-corrected chi connectivity index (χ0v) is 17.4. The predicted molar refractivity (Wildman–Crippen MR) is 116 cm³/mol. The summed E-state index contributed by atoms with van der Waals surface area (Å²) in [6.07, 6.45) is 9.54. The van der Waals surface area contributed by atoms with Crippen LogP contribution in [0.2, 0.25) is 0 Å². The molecule has 2 fully saturated rings. The van der Waals surface area contributed by atoms with E-state index in [2.05, 4.69) is 82.5 Å². The number of rotatable bonds is 3. The second kappa shape index (κ2) is 7.28. The fourth-order valence-corrected chi connectivity index (χ4v) is 5.57. The number of nitrogens with zero attached hydrogens (tertiary/aromatic N) is 1. The van der Waals surface area contributed by atoms with Crippen LogP contribution in [0.1, 0.15) is 54.4 Å². The van der Waals surface area contributed by atoms with Crippen molar-refractivity contribution in [3.8, 4) is 0 Å². The van der Waals surface area contributed by atoms with Crippen LogP contribution in [-0.2, 0) is 0 Å². The Hall–Kier alpha value is -1.86. The zero-order valence-electron chi connectivity index (χ0n) is 17.4. The smallest absolute Gasteiger partial charge is 0.0894 e. The van der Waals surface area contributed by atoms with Gasteiger partial charge < -0.3 is 4.48 Å². The van der Waals surface area contributed by atoms with Gasteiger partial charge >= 0.3 is 0 Å². The summed E-state index contributed by atoms with van der Waals surface area (Å²) in [5.41, 5.74) is 6.99. The fraction of sp³-hybridized carbons (Fsp3) is 0.462. The van der Waals surface area contributed by atoms with Crippen molar-refractivity contribution in [2.75, 3.05) is 14.1 Å². The first-order valence-corrected chi connectivity index (χ1v) is 10.6. The standard InChI is InChI=1S/C26H34N/c1-19-10-5-7-14-24(19)26(25-15-8-6-11-20(25)2)18-21-16-22-12-9-13-23(17-21)27(22,3)4/h5-8,10-11,14-15,18,21-23H,9,12-13,16-17H2,1-4H3/q+1. The van der Waals surface area contributed by atoms with Crippen LogP contribution in [0.25, 0.3) is 5.57 Å². The van der Waals surface area contributed by atoms with E-state index in [4.69, 9.17) is 0 Å². The van der Waals surface area contributed by atoms with Gasteiger partial charge in [0, 0.05) is 12.8 Å². The molecule has 2 aliphatic rings. The first-order valence-electron chi connectivity index (χ1n) is 10.6. The van der Waals surface area contributed by atoms with E-state index >= 15 is 0 Å². The van der Waals surface area contributed by atoms with Crippen molar-refractivity contribution in [3.63, 3.8) is 0 Å². The van der Waals surface area contributed by atoms with Crippen molar-refractivity contribution >= 4 is 5.57 Å². The third kappa shape index (κ3) is 3.50. The minimum absolute atomic E-state index is 0.695. The van der Waals surface area contributed by atoms with Crippen LogP contribution in [0, 0.1) is 19.8 Å². The summed E-state index contributed by atoms with van der Waals surface area (Å²) in [6, 6.07) is 19.4. The number of hydrogen-bond acceptors (Lipinski definition) is 0. The van der Waals surface area contributed by atoms with Gasteiger partial charge in [-0.15, -0.1) is 0 Å². The lowest BCUT2D eigenvalue weighted by atomic mass is 9.75. The van der Waals surface area contributed by atoms with Crippen molar-refractivity contribution in [1.82, 2.24) is 0 Å². The molecule has 0 amide bonds. The van der Waals surface area contributed by atoms with Gasteiger partial charge in [0.05, 0.1) is 26.2 Å². The Bertz CT molecular complexity index is 781. The Kier molecular flexibility index (Phi) is 4.99. The highest BCUT2D eigenvalue weighted by atomic mass is 15.4. The van der Waals surface area contributed by atoms with Gasteiger partial charge in [-0.1, -0.05) is 54.6 Å². The third-order valence-electron chi connectivity index (χ3n) is 7.38. The Morgan fingerprint density at radius 3 is 1.78 bits per heavy atom. The van der Waals surface area contributed by atoms with Crippen LogP contribution in [0.15, 0.2) is 54.6 Å². The predicted octanol–water partition coefficient (Wildman–Crippen LogP) is 6.14. The number of benzene rings is 2. The van der Waals surface area contributed by atoms with Crippen molar-refractivity contribution < 1.29 is 4.48 Å². The van der Waals surface area contributed by atoms with Crippen molar-refractivity contribution in [2.45, 2.75) is 58.0 Å².